The van der Waals surface area contributed by atoms with Gasteiger partial charge in [0.2, 0.25) is 5.82 Å². The van der Waals surface area contributed by atoms with Crippen LogP contribution >= 0.6 is 0 Å². The van der Waals surface area contributed by atoms with Crippen molar-refractivity contribution in [1.82, 2.24) is 15.0 Å². The summed E-state index contributed by atoms with van der Waals surface area (Å²) in [4.78, 5) is 6.63. The molecule has 0 aliphatic heterocycles. The van der Waals surface area contributed by atoms with Crippen molar-refractivity contribution in [2.24, 2.45) is 0 Å². The monoisotopic (exact) mass is 337 g/mol. The molecule has 5 heteroatoms. The van der Waals surface area contributed by atoms with E-state index in [0.717, 1.165) is 30.7 Å². The number of ether oxygens (including phenoxy) is 1. The predicted molar refractivity (Wildman–Crippen MR) is 97.4 cm³/mol. The quantitative estimate of drug-likeness (QED) is 0.625. The van der Waals surface area contributed by atoms with E-state index in [0.29, 0.717) is 11.7 Å². The number of rotatable bonds is 8. The number of aromatic nitrogens is 2. The summed E-state index contributed by atoms with van der Waals surface area (Å²) < 4.78 is 10.9. The highest BCUT2D eigenvalue weighted by atomic mass is 16.5. The summed E-state index contributed by atoms with van der Waals surface area (Å²) in [5.74, 6) is 1.85. The summed E-state index contributed by atoms with van der Waals surface area (Å²) in [6.07, 6.45) is 2.16. The number of para-hydroxylation sites is 1. The van der Waals surface area contributed by atoms with Crippen LogP contribution in [0.4, 0.5) is 0 Å². The topological polar surface area (TPSA) is 51.4 Å². The van der Waals surface area contributed by atoms with Crippen LogP contribution in [-0.2, 0) is 13.0 Å². The van der Waals surface area contributed by atoms with Gasteiger partial charge in [0.15, 0.2) is 6.61 Å². The van der Waals surface area contributed by atoms with Gasteiger partial charge in [0.05, 0.1) is 0 Å². The van der Waals surface area contributed by atoms with Gasteiger partial charge in [0.25, 0.3) is 5.89 Å². The molecule has 0 fully saturated rings. The molecule has 0 atom stereocenters. The lowest BCUT2D eigenvalue weighted by atomic mass is 10.1. The van der Waals surface area contributed by atoms with Crippen LogP contribution in [0.1, 0.15) is 17.9 Å². The first kappa shape index (κ1) is 17.2. The Labute approximate surface area is 148 Å². The van der Waals surface area contributed by atoms with Crippen molar-refractivity contribution in [1.29, 1.82) is 0 Å². The average molecular weight is 337 g/mol. The molecule has 130 valence electrons. The Morgan fingerprint density at radius 1 is 1.04 bits per heavy atom. The Bertz CT molecular complexity index is 784. The van der Waals surface area contributed by atoms with Crippen molar-refractivity contribution in [2.75, 3.05) is 20.6 Å². The molecule has 0 radical (unpaired) electrons. The Kier molecular flexibility index (Phi) is 5.80. The van der Waals surface area contributed by atoms with Crippen molar-refractivity contribution >= 4 is 0 Å². The van der Waals surface area contributed by atoms with Gasteiger partial charge in [-0.1, -0.05) is 41.6 Å². The van der Waals surface area contributed by atoms with E-state index in [2.05, 4.69) is 41.3 Å². The van der Waals surface area contributed by atoms with Gasteiger partial charge in [-0.3, -0.25) is 0 Å². The lowest BCUT2D eigenvalue weighted by Crippen LogP contribution is -2.13. The van der Waals surface area contributed by atoms with E-state index in [-0.39, 0.29) is 6.61 Å². The molecule has 0 aliphatic carbocycles. The predicted octanol–water partition coefficient (Wildman–Crippen LogP) is 3.81. The van der Waals surface area contributed by atoms with Crippen LogP contribution in [0.15, 0.2) is 59.1 Å². The van der Waals surface area contributed by atoms with E-state index >= 15 is 0 Å². The second-order valence-electron chi connectivity index (χ2n) is 6.22. The molecule has 0 spiro atoms. The summed E-state index contributed by atoms with van der Waals surface area (Å²) in [5.41, 5.74) is 2.25. The standard InChI is InChI=1S/C20H23N3O2/c1-23(2)13-7-9-16-8-6-10-17(14-16)20-21-19(25-22-20)15-24-18-11-4-3-5-12-18/h3-6,8,10-12,14H,7,9,13,15H2,1-2H3. The number of hydrogen-bond acceptors (Lipinski definition) is 5. The maximum Gasteiger partial charge on any atom is 0.264 e. The summed E-state index contributed by atoms with van der Waals surface area (Å²) in [6.45, 7) is 1.34. The van der Waals surface area contributed by atoms with Gasteiger partial charge in [-0.05, 0) is 57.2 Å². The van der Waals surface area contributed by atoms with Gasteiger partial charge in [-0.2, -0.15) is 4.98 Å². The van der Waals surface area contributed by atoms with Crippen molar-refractivity contribution < 1.29 is 9.26 Å². The molecule has 0 unspecified atom stereocenters. The van der Waals surface area contributed by atoms with Crippen LogP contribution in [0.25, 0.3) is 11.4 Å². The van der Waals surface area contributed by atoms with Gasteiger partial charge in [-0.15, -0.1) is 0 Å². The lowest BCUT2D eigenvalue weighted by molar-refractivity contribution is 0.243. The molecular formula is C20H23N3O2. The Morgan fingerprint density at radius 3 is 2.68 bits per heavy atom. The molecule has 0 saturated heterocycles. The zero-order valence-electron chi connectivity index (χ0n) is 14.7. The molecule has 3 aromatic rings. The van der Waals surface area contributed by atoms with Crippen LogP contribution in [0, 0.1) is 0 Å². The first-order chi connectivity index (χ1) is 12.2. The molecule has 0 amide bonds. The van der Waals surface area contributed by atoms with Crippen LogP contribution in [0.5, 0.6) is 5.75 Å². The van der Waals surface area contributed by atoms with E-state index < -0.39 is 0 Å². The molecule has 0 saturated carbocycles. The van der Waals surface area contributed by atoms with Gasteiger partial charge < -0.3 is 14.2 Å². The maximum atomic E-state index is 5.64. The van der Waals surface area contributed by atoms with Gasteiger partial charge in [0.1, 0.15) is 5.75 Å². The first-order valence-electron chi connectivity index (χ1n) is 8.45. The van der Waals surface area contributed by atoms with Gasteiger partial charge >= 0.3 is 0 Å². The minimum absolute atomic E-state index is 0.263. The third kappa shape index (κ3) is 5.16. The fourth-order valence-corrected chi connectivity index (χ4v) is 2.56. The second-order valence-corrected chi connectivity index (χ2v) is 6.22. The summed E-state index contributed by atoms with van der Waals surface area (Å²) in [5, 5.41) is 4.07. The molecule has 0 aliphatic rings. The van der Waals surface area contributed by atoms with Crippen molar-refractivity contribution in [2.45, 2.75) is 19.4 Å². The highest BCUT2D eigenvalue weighted by molar-refractivity contribution is 5.55. The van der Waals surface area contributed by atoms with Crippen molar-refractivity contribution in [3.63, 3.8) is 0 Å². The molecule has 25 heavy (non-hydrogen) atoms. The zero-order chi connectivity index (χ0) is 17.5. The average Bonchev–Trinajstić information content (AvgIpc) is 3.10. The minimum atomic E-state index is 0.263. The number of hydrogen-bond donors (Lipinski definition) is 0. The normalized spacial score (nSPS) is 11.0. The van der Waals surface area contributed by atoms with E-state index in [1.54, 1.807) is 0 Å². The summed E-state index contributed by atoms with van der Waals surface area (Å²) >= 11 is 0. The lowest BCUT2D eigenvalue weighted by Gasteiger charge is -2.09. The zero-order valence-corrected chi connectivity index (χ0v) is 14.7. The highest BCUT2D eigenvalue weighted by Gasteiger charge is 2.10. The van der Waals surface area contributed by atoms with Crippen LogP contribution in [-0.4, -0.2) is 35.7 Å². The minimum Gasteiger partial charge on any atom is -0.484 e. The van der Waals surface area contributed by atoms with Gasteiger partial charge in [0, 0.05) is 5.56 Å². The SMILES string of the molecule is CN(C)CCCc1cccc(-c2noc(COc3ccccc3)n2)c1. The fraction of sp³-hybridized carbons (Fsp3) is 0.300. The number of benzene rings is 2. The molecule has 0 N–H and O–H groups in total. The van der Waals surface area contributed by atoms with E-state index in [9.17, 15) is 0 Å². The largest absolute Gasteiger partial charge is 0.484 e. The second kappa shape index (κ2) is 8.44. The third-order valence-corrected chi connectivity index (χ3v) is 3.83. The summed E-state index contributed by atoms with van der Waals surface area (Å²) in [7, 11) is 4.18. The van der Waals surface area contributed by atoms with Gasteiger partial charge in [-0.25, -0.2) is 0 Å². The van der Waals surface area contributed by atoms with Crippen LogP contribution in [0.3, 0.4) is 0 Å². The Morgan fingerprint density at radius 2 is 1.88 bits per heavy atom. The fourth-order valence-electron chi connectivity index (χ4n) is 2.56. The molecule has 2 aromatic carbocycles. The maximum absolute atomic E-state index is 5.64. The molecule has 3 rings (SSSR count). The van der Waals surface area contributed by atoms with Crippen molar-refractivity contribution in [3.05, 3.63) is 66.1 Å². The molecule has 1 heterocycles. The van der Waals surface area contributed by atoms with E-state index in [1.165, 1.54) is 5.56 Å². The van der Waals surface area contributed by atoms with Crippen LogP contribution in [0.2, 0.25) is 0 Å². The first-order valence-corrected chi connectivity index (χ1v) is 8.45. The smallest absolute Gasteiger partial charge is 0.264 e. The van der Waals surface area contributed by atoms with Crippen molar-refractivity contribution in [3.8, 4) is 17.1 Å². The third-order valence-electron chi connectivity index (χ3n) is 3.83. The number of aryl methyl sites for hydroxylation is 1. The molecule has 5 nitrogen and oxygen atoms in total. The molecule has 0 bridgehead atoms. The van der Waals surface area contributed by atoms with Crippen LogP contribution < -0.4 is 4.74 Å². The molecule has 1 aromatic heterocycles. The van der Waals surface area contributed by atoms with E-state index in [1.807, 2.05) is 42.5 Å². The highest BCUT2D eigenvalue weighted by Crippen LogP contribution is 2.19. The van der Waals surface area contributed by atoms with E-state index in [4.69, 9.17) is 9.26 Å². The Hall–Kier alpha value is -2.66. The molecular weight excluding hydrogens is 314 g/mol. The Balaban J connectivity index is 1.61. The number of nitrogens with zero attached hydrogens (tertiary/aromatic N) is 3. The summed E-state index contributed by atoms with van der Waals surface area (Å²) in [6, 6.07) is 17.9.